The third-order valence-corrected chi connectivity index (χ3v) is 2.34. The predicted molar refractivity (Wildman–Crippen MR) is 60.1 cm³/mol. The van der Waals surface area contributed by atoms with Gasteiger partial charge in [-0.3, -0.25) is 0 Å². The standard InChI is InChI=1S/C11H10ClNO3/c1-14-9-4-3-7(5-10(9)15-2)8-6-11(12)16-13-8/h3-6H,1-2H3. The van der Waals surface area contributed by atoms with E-state index in [-0.39, 0.29) is 5.22 Å². The van der Waals surface area contributed by atoms with Crippen LogP contribution >= 0.6 is 11.6 Å². The number of hydrogen-bond donors (Lipinski definition) is 0. The number of benzene rings is 1. The third kappa shape index (κ3) is 1.97. The molecule has 2 aromatic rings. The zero-order valence-electron chi connectivity index (χ0n) is 8.86. The van der Waals surface area contributed by atoms with E-state index >= 15 is 0 Å². The molecule has 0 fully saturated rings. The lowest BCUT2D eigenvalue weighted by Crippen LogP contribution is -1.90. The summed E-state index contributed by atoms with van der Waals surface area (Å²) >= 11 is 5.66. The first kappa shape index (κ1) is 10.8. The number of hydrogen-bond acceptors (Lipinski definition) is 4. The maximum Gasteiger partial charge on any atom is 0.226 e. The molecule has 0 unspecified atom stereocenters. The predicted octanol–water partition coefficient (Wildman–Crippen LogP) is 3.01. The minimum Gasteiger partial charge on any atom is -0.493 e. The zero-order chi connectivity index (χ0) is 11.5. The van der Waals surface area contributed by atoms with Gasteiger partial charge in [0.1, 0.15) is 5.69 Å². The SMILES string of the molecule is COc1ccc(-c2cc(Cl)on2)cc1OC. The second-order valence-corrected chi connectivity index (χ2v) is 3.46. The van der Waals surface area contributed by atoms with Gasteiger partial charge in [-0.15, -0.1) is 0 Å². The summed E-state index contributed by atoms with van der Waals surface area (Å²) in [7, 11) is 3.17. The van der Waals surface area contributed by atoms with Crippen LogP contribution in [0.5, 0.6) is 11.5 Å². The van der Waals surface area contributed by atoms with Crippen LogP contribution in [0.3, 0.4) is 0 Å². The van der Waals surface area contributed by atoms with E-state index in [1.165, 1.54) is 0 Å². The number of aromatic nitrogens is 1. The van der Waals surface area contributed by atoms with Crippen molar-refractivity contribution in [3.8, 4) is 22.8 Å². The summed E-state index contributed by atoms with van der Waals surface area (Å²) in [4.78, 5) is 0. The highest BCUT2D eigenvalue weighted by atomic mass is 35.5. The lowest BCUT2D eigenvalue weighted by molar-refractivity contribution is 0.355. The van der Waals surface area contributed by atoms with Crippen LogP contribution in [0.1, 0.15) is 0 Å². The number of ether oxygens (including phenoxy) is 2. The van der Waals surface area contributed by atoms with Gasteiger partial charge in [-0.05, 0) is 29.8 Å². The molecule has 84 valence electrons. The molecule has 0 spiro atoms. The van der Waals surface area contributed by atoms with E-state index in [1.54, 1.807) is 26.4 Å². The van der Waals surface area contributed by atoms with Gasteiger partial charge in [-0.1, -0.05) is 5.16 Å². The fraction of sp³-hybridized carbons (Fsp3) is 0.182. The van der Waals surface area contributed by atoms with E-state index in [0.717, 1.165) is 5.56 Å². The van der Waals surface area contributed by atoms with Crippen LogP contribution < -0.4 is 9.47 Å². The topological polar surface area (TPSA) is 44.5 Å². The van der Waals surface area contributed by atoms with E-state index in [0.29, 0.717) is 17.2 Å². The number of halogens is 1. The summed E-state index contributed by atoms with van der Waals surface area (Å²) in [6.07, 6.45) is 0. The second kappa shape index (κ2) is 4.45. The minimum absolute atomic E-state index is 0.254. The molecule has 4 nitrogen and oxygen atoms in total. The number of rotatable bonds is 3. The Morgan fingerprint density at radius 2 is 1.88 bits per heavy atom. The van der Waals surface area contributed by atoms with Gasteiger partial charge in [0.05, 0.1) is 14.2 Å². The Morgan fingerprint density at radius 3 is 2.44 bits per heavy atom. The van der Waals surface area contributed by atoms with Gasteiger partial charge >= 0.3 is 0 Å². The third-order valence-electron chi connectivity index (χ3n) is 2.16. The summed E-state index contributed by atoms with van der Waals surface area (Å²) in [5.74, 6) is 1.31. The highest BCUT2D eigenvalue weighted by Gasteiger charge is 2.09. The van der Waals surface area contributed by atoms with Gasteiger partial charge in [-0.2, -0.15) is 0 Å². The second-order valence-electron chi connectivity index (χ2n) is 3.09. The molecule has 0 amide bonds. The molecule has 16 heavy (non-hydrogen) atoms. The van der Waals surface area contributed by atoms with Crippen molar-refractivity contribution in [3.63, 3.8) is 0 Å². The molecular formula is C11H10ClNO3. The Labute approximate surface area is 97.7 Å². The van der Waals surface area contributed by atoms with Crippen LogP contribution in [0.2, 0.25) is 5.22 Å². The molecule has 0 aliphatic rings. The molecule has 1 aromatic carbocycles. The van der Waals surface area contributed by atoms with Crippen molar-refractivity contribution in [2.24, 2.45) is 0 Å². The fourth-order valence-electron chi connectivity index (χ4n) is 1.38. The fourth-order valence-corrected chi connectivity index (χ4v) is 1.52. The summed E-state index contributed by atoms with van der Waals surface area (Å²) in [6, 6.07) is 7.11. The van der Waals surface area contributed by atoms with Crippen LogP contribution in [0.25, 0.3) is 11.3 Å². The number of methoxy groups -OCH3 is 2. The zero-order valence-corrected chi connectivity index (χ0v) is 9.62. The molecule has 0 N–H and O–H groups in total. The molecule has 5 heteroatoms. The van der Waals surface area contributed by atoms with Crippen molar-refractivity contribution in [1.82, 2.24) is 5.16 Å². The van der Waals surface area contributed by atoms with E-state index < -0.39 is 0 Å². The lowest BCUT2D eigenvalue weighted by Gasteiger charge is -2.07. The molecule has 0 atom stereocenters. The van der Waals surface area contributed by atoms with Gasteiger partial charge in [0.25, 0.3) is 0 Å². The molecule has 0 saturated heterocycles. The summed E-state index contributed by atoms with van der Waals surface area (Å²) in [5.41, 5.74) is 1.51. The molecule has 0 bridgehead atoms. The molecule has 1 aromatic heterocycles. The summed E-state index contributed by atoms with van der Waals surface area (Å²) in [6.45, 7) is 0. The monoisotopic (exact) mass is 239 g/mol. The maximum atomic E-state index is 5.66. The molecule has 1 heterocycles. The van der Waals surface area contributed by atoms with Crippen molar-refractivity contribution in [1.29, 1.82) is 0 Å². The van der Waals surface area contributed by atoms with Crippen molar-refractivity contribution < 1.29 is 14.0 Å². The van der Waals surface area contributed by atoms with Gasteiger partial charge in [0.2, 0.25) is 5.22 Å². The summed E-state index contributed by atoms with van der Waals surface area (Å²) < 4.78 is 15.1. The first-order valence-electron chi connectivity index (χ1n) is 4.59. The number of nitrogens with zero attached hydrogens (tertiary/aromatic N) is 1. The Morgan fingerprint density at radius 1 is 1.12 bits per heavy atom. The van der Waals surface area contributed by atoms with Crippen LogP contribution in [-0.4, -0.2) is 19.4 Å². The lowest BCUT2D eigenvalue weighted by atomic mass is 10.1. The van der Waals surface area contributed by atoms with Crippen LogP contribution in [0.4, 0.5) is 0 Å². The normalized spacial score (nSPS) is 10.2. The molecule has 0 aliphatic carbocycles. The average molecular weight is 240 g/mol. The van der Waals surface area contributed by atoms with Crippen LogP contribution in [0.15, 0.2) is 28.8 Å². The molecular weight excluding hydrogens is 230 g/mol. The van der Waals surface area contributed by atoms with Crippen molar-refractivity contribution in [2.75, 3.05) is 14.2 Å². The Bertz CT molecular complexity index is 496. The van der Waals surface area contributed by atoms with Gasteiger partial charge < -0.3 is 14.0 Å². The highest BCUT2D eigenvalue weighted by molar-refractivity contribution is 6.29. The van der Waals surface area contributed by atoms with Crippen molar-refractivity contribution in [2.45, 2.75) is 0 Å². The van der Waals surface area contributed by atoms with E-state index in [1.807, 2.05) is 12.1 Å². The molecule has 0 radical (unpaired) electrons. The van der Waals surface area contributed by atoms with Crippen molar-refractivity contribution in [3.05, 3.63) is 29.5 Å². The van der Waals surface area contributed by atoms with E-state index in [9.17, 15) is 0 Å². The Balaban J connectivity index is 2.43. The van der Waals surface area contributed by atoms with Gasteiger partial charge in [0.15, 0.2) is 11.5 Å². The maximum absolute atomic E-state index is 5.66. The quantitative estimate of drug-likeness (QED) is 0.826. The average Bonchev–Trinajstić information content (AvgIpc) is 2.75. The molecule has 2 rings (SSSR count). The Kier molecular flexibility index (Phi) is 3.01. The van der Waals surface area contributed by atoms with Crippen LogP contribution in [-0.2, 0) is 0 Å². The molecule has 0 saturated carbocycles. The minimum atomic E-state index is 0.254. The molecule has 0 aliphatic heterocycles. The highest BCUT2D eigenvalue weighted by Crippen LogP contribution is 2.32. The van der Waals surface area contributed by atoms with E-state index in [4.69, 9.17) is 25.6 Å². The van der Waals surface area contributed by atoms with Gasteiger partial charge in [-0.25, -0.2) is 0 Å². The van der Waals surface area contributed by atoms with Gasteiger partial charge in [0, 0.05) is 11.6 Å². The summed E-state index contributed by atoms with van der Waals surface area (Å²) in [5, 5.41) is 4.07. The van der Waals surface area contributed by atoms with Crippen LogP contribution in [0, 0.1) is 0 Å². The largest absolute Gasteiger partial charge is 0.493 e. The smallest absolute Gasteiger partial charge is 0.226 e. The van der Waals surface area contributed by atoms with Crippen molar-refractivity contribution >= 4 is 11.6 Å². The first-order chi connectivity index (χ1) is 7.74. The van der Waals surface area contributed by atoms with E-state index in [2.05, 4.69) is 5.16 Å². The Hall–Kier alpha value is -1.68. The first-order valence-corrected chi connectivity index (χ1v) is 4.97.